The fraction of sp³-hybridized carbons (Fsp3) is 0.286. The van der Waals surface area contributed by atoms with Crippen molar-refractivity contribution in [1.82, 2.24) is 0 Å². The molecule has 0 bridgehead atoms. The minimum absolute atomic E-state index is 0.0181. The number of alkyl halides is 3. The number of hydrogen-bond donors (Lipinski definition) is 0. The van der Waals surface area contributed by atoms with E-state index in [0.717, 1.165) is 17.0 Å². The summed E-state index contributed by atoms with van der Waals surface area (Å²) in [4.78, 5) is 15.8. The Balaban J connectivity index is 1.78. The Kier molecular flexibility index (Phi) is 4.81. The zero-order valence-electron chi connectivity index (χ0n) is 16.5. The average Bonchev–Trinajstić information content (AvgIpc) is 2.90. The van der Waals surface area contributed by atoms with Gasteiger partial charge in [-0.15, -0.1) is 0 Å². The number of ether oxygens (including phenoxy) is 2. The van der Waals surface area contributed by atoms with Crippen LogP contribution in [0.1, 0.15) is 25.0 Å². The van der Waals surface area contributed by atoms with Gasteiger partial charge in [0.15, 0.2) is 16.6 Å². The van der Waals surface area contributed by atoms with Crippen LogP contribution in [0, 0.1) is 11.3 Å². The highest BCUT2D eigenvalue weighted by Crippen LogP contribution is 2.42. The van der Waals surface area contributed by atoms with Crippen LogP contribution in [0.15, 0.2) is 36.4 Å². The van der Waals surface area contributed by atoms with Gasteiger partial charge >= 0.3 is 6.18 Å². The normalized spacial score (nSPS) is 17.7. The standard InChI is InChI=1S/C21H16F3N3O3S/c1-20(2)18(28)26(13-4-3-12(11-25)15(9-13)21(22,23)24)19(31)27(20)14-5-6-16-17(10-14)30-8-7-29-16/h3-6,9-10H,7-8H2,1-2H3. The van der Waals surface area contributed by atoms with E-state index in [0.29, 0.717) is 30.4 Å². The summed E-state index contributed by atoms with van der Waals surface area (Å²) in [5.74, 6) is 0.555. The molecule has 2 heterocycles. The first-order valence-corrected chi connectivity index (χ1v) is 9.66. The second kappa shape index (κ2) is 7.13. The van der Waals surface area contributed by atoms with Crippen LogP contribution in [0.2, 0.25) is 0 Å². The first-order valence-electron chi connectivity index (χ1n) is 9.25. The molecule has 0 atom stereocenters. The second-order valence-electron chi connectivity index (χ2n) is 7.48. The number of hydrogen-bond acceptors (Lipinski definition) is 5. The number of nitrogens with zero attached hydrogens (tertiary/aromatic N) is 3. The summed E-state index contributed by atoms with van der Waals surface area (Å²) in [6, 6.07) is 9.69. The molecule has 4 rings (SSSR count). The smallest absolute Gasteiger partial charge is 0.417 e. The molecule has 2 aromatic rings. The summed E-state index contributed by atoms with van der Waals surface area (Å²) in [6.45, 7) is 4.06. The van der Waals surface area contributed by atoms with Gasteiger partial charge in [-0.05, 0) is 56.4 Å². The van der Waals surface area contributed by atoms with Crippen LogP contribution in [0.25, 0.3) is 0 Å². The van der Waals surface area contributed by atoms with Gasteiger partial charge < -0.3 is 14.4 Å². The summed E-state index contributed by atoms with van der Waals surface area (Å²) < 4.78 is 51.4. The predicted molar refractivity (Wildman–Crippen MR) is 110 cm³/mol. The van der Waals surface area contributed by atoms with Crippen LogP contribution in [-0.4, -0.2) is 29.8 Å². The van der Waals surface area contributed by atoms with Crippen molar-refractivity contribution in [1.29, 1.82) is 5.26 Å². The van der Waals surface area contributed by atoms with E-state index >= 15 is 0 Å². The lowest BCUT2D eigenvalue weighted by Crippen LogP contribution is -2.44. The third kappa shape index (κ3) is 3.35. The van der Waals surface area contributed by atoms with Gasteiger partial charge in [-0.2, -0.15) is 18.4 Å². The second-order valence-corrected chi connectivity index (χ2v) is 7.85. The molecule has 0 saturated carbocycles. The first-order chi connectivity index (χ1) is 14.6. The lowest BCUT2D eigenvalue weighted by atomic mass is 10.0. The van der Waals surface area contributed by atoms with E-state index in [1.165, 1.54) is 12.1 Å². The highest BCUT2D eigenvalue weighted by atomic mass is 32.1. The Bertz CT molecular complexity index is 1140. The molecular formula is C21H16F3N3O3S. The van der Waals surface area contributed by atoms with Gasteiger partial charge in [-0.25, -0.2) is 0 Å². The third-order valence-corrected chi connectivity index (χ3v) is 5.50. The van der Waals surface area contributed by atoms with E-state index in [2.05, 4.69) is 0 Å². The Hall–Kier alpha value is -3.32. The maximum atomic E-state index is 13.4. The quantitative estimate of drug-likeness (QED) is 0.641. The molecule has 2 aliphatic rings. The Morgan fingerprint density at radius 3 is 2.35 bits per heavy atom. The molecule has 160 valence electrons. The number of carbonyl (C=O) groups is 1. The van der Waals surface area contributed by atoms with Crippen molar-refractivity contribution in [2.45, 2.75) is 25.6 Å². The number of carbonyl (C=O) groups excluding carboxylic acids is 1. The molecule has 0 aromatic heterocycles. The molecule has 1 fully saturated rings. The molecule has 31 heavy (non-hydrogen) atoms. The van der Waals surface area contributed by atoms with Gasteiger partial charge in [0.1, 0.15) is 18.8 Å². The van der Waals surface area contributed by atoms with Crippen LogP contribution in [-0.2, 0) is 11.0 Å². The van der Waals surface area contributed by atoms with Gasteiger partial charge in [0, 0.05) is 11.8 Å². The van der Waals surface area contributed by atoms with E-state index in [1.54, 1.807) is 36.9 Å². The number of thiocarbonyl (C=S) groups is 1. The zero-order valence-corrected chi connectivity index (χ0v) is 17.3. The highest BCUT2D eigenvalue weighted by molar-refractivity contribution is 7.81. The SMILES string of the molecule is CC1(C)C(=O)N(c2ccc(C#N)c(C(F)(F)F)c2)C(=S)N1c1ccc2c(c1)OCCO2. The molecule has 0 spiro atoms. The summed E-state index contributed by atoms with van der Waals surface area (Å²) >= 11 is 5.52. The van der Waals surface area contributed by atoms with Crippen LogP contribution in [0.5, 0.6) is 11.5 Å². The summed E-state index contributed by atoms with van der Waals surface area (Å²) in [6.07, 6.45) is -4.75. The van der Waals surface area contributed by atoms with Gasteiger partial charge in [0.05, 0.1) is 22.9 Å². The van der Waals surface area contributed by atoms with E-state index in [9.17, 15) is 18.0 Å². The zero-order chi connectivity index (χ0) is 22.6. The number of anilines is 2. The van der Waals surface area contributed by atoms with Crippen molar-refractivity contribution in [3.05, 3.63) is 47.5 Å². The molecule has 0 radical (unpaired) electrons. The van der Waals surface area contributed by atoms with Gasteiger partial charge in [0.25, 0.3) is 5.91 Å². The number of fused-ring (bicyclic) bond motifs is 1. The number of nitriles is 1. The summed E-state index contributed by atoms with van der Waals surface area (Å²) in [7, 11) is 0. The molecule has 0 N–H and O–H groups in total. The van der Waals surface area contributed by atoms with E-state index in [4.69, 9.17) is 27.0 Å². The molecule has 1 amide bonds. The Morgan fingerprint density at radius 1 is 1.06 bits per heavy atom. The van der Waals surface area contributed by atoms with E-state index < -0.39 is 28.7 Å². The minimum atomic E-state index is -4.75. The molecular weight excluding hydrogens is 431 g/mol. The molecule has 2 aliphatic heterocycles. The monoisotopic (exact) mass is 447 g/mol. The van der Waals surface area contributed by atoms with Crippen molar-refractivity contribution in [2.75, 3.05) is 23.0 Å². The lowest BCUT2D eigenvalue weighted by Gasteiger charge is -2.30. The van der Waals surface area contributed by atoms with E-state index in [-0.39, 0.29) is 10.8 Å². The number of amides is 1. The van der Waals surface area contributed by atoms with Crippen LogP contribution >= 0.6 is 12.2 Å². The number of benzene rings is 2. The van der Waals surface area contributed by atoms with Gasteiger partial charge in [-0.3, -0.25) is 9.69 Å². The predicted octanol–water partition coefficient (Wildman–Crippen LogP) is 4.26. The lowest BCUT2D eigenvalue weighted by molar-refractivity contribution is -0.137. The van der Waals surface area contributed by atoms with Gasteiger partial charge in [0.2, 0.25) is 0 Å². The van der Waals surface area contributed by atoms with Crippen molar-refractivity contribution < 1.29 is 27.4 Å². The summed E-state index contributed by atoms with van der Waals surface area (Å²) in [5, 5.41) is 9.04. The van der Waals surface area contributed by atoms with Crippen molar-refractivity contribution >= 4 is 34.6 Å². The maximum Gasteiger partial charge on any atom is 0.417 e. The topological polar surface area (TPSA) is 65.8 Å². The van der Waals surface area contributed by atoms with Crippen molar-refractivity contribution in [3.8, 4) is 17.6 Å². The molecule has 0 aliphatic carbocycles. The molecule has 0 unspecified atom stereocenters. The van der Waals surface area contributed by atoms with Gasteiger partial charge in [-0.1, -0.05) is 0 Å². The average molecular weight is 447 g/mol. The third-order valence-electron chi connectivity index (χ3n) is 5.14. The van der Waals surface area contributed by atoms with E-state index in [1.807, 2.05) is 0 Å². The molecule has 10 heteroatoms. The van der Waals surface area contributed by atoms with Crippen LogP contribution in [0.3, 0.4) is 0 Å². The summed E-state index contributed by atoms with van der Waals surface area (Å²) in [5.41, 5.74) is -2.35. The van der Waals surface area contributed by atoms with Crippen LogP contribution in [0.4, 0.5) is 24.5 Å². The first kappa shape index (κ1) is 20.9. The Labute approximate surface area is 181 Å². The fourth-order valence-corrected chi connectivity index (χ4v) is 4.15. The number of halogens is 3. The minimum Gasteiger partial charge on any atom is -0.486 e. The fourth-order valence-electron chi connectivity index (χ4n) is 3.63. The Morgan fingerprint density at radius 2 is 1.71 bits per heavy atom. The van der Waals surface area contributed by atoms with Crippen LogP contribution < -0.4 is 19.3 Å². The largest absolute Gasteiger partial charge is 0.486 e. The molecule has 6 nitrogen and oxygen atoms in total. The number of rotatable bonds is 2. The molecule has 2 aromatic carbocycles. The maximum absolute atomic E-state index is 13.4. The highest BCUT2D eigenvalue weighted by Gasteiger charge is 2.51. The van der Waals surface area contributed by atoms with Crippen molar-refractivity contribution in [2.24, 2.45) is 0 Å². The molecule has 1 saturated heterocycles. The van der Waals surface area contributed by atoms with Crippen molar-refractivity contribution in [3.63, 3.8) is 0 Å².